The molecule has 0 heterocycles. The number of amides is 2. The predicted octanol–water partition coefficient (Wildman–Crippen LogP) is 3.13. The van der Waals surface area contributed by atoms with Gasteiger partial charge in [0, 0.05) is 11.0 Å². The van der Waals surface area contributed by atoms with Gasteiger partial charge in [0.1, 0.15) is 0 Å². The van der Waals surface area contributed by atoms with Gasteiger partial charge in [0.2, 0.25) is 0 Å². The van der Waals surface area contributed by atoms with Crippen LogP contribution in [0.25, 0.3) is 0 Å². The number of aliphatic carboxylic acids is 1. The number of rotatable bonds is 4. The first-order valence-corrected chi connectivity index (χ1v) is 7.27. The average Bonchev–Trinajstić information content (AvgIpc) is 2.33. The lowest BCUT2D eigenvalue weighted by atomic mass is 9.69. The van der Waals surface area contributed by atoms with Crippen molar-refractivity contribution < 1.29 is 14.7 Å². The predicted molar refractivity (Wildman–Crippen MR) is 79.8 cm³/mol. The van der Waals surface area contributed by atoms with E-state index in [1.54, 1.807) is 6.07 Å². The molecule has 6 heteroatoms. The molecule has 20 heavy (non-hydrogen) atoms. The fourth-order valence-electron chi connectivity index (χ4n) is 2.23. The van der Waals surface area contributed by atoms with Crippen LogP contribution in [0.1, 0.15) is 24.8 Å². The molecule has 0 aliphatic heterocycles. The molecule has 2 rings (SSSR count). The molecule has 1 aliphatic carbocycles. The maximum atomic E-state index is 11.8. The molecule has 2 amide bonds. The quantitative estimate of drug-likeness (QED) is 0.787. The van der Waals surface area contributed by atoms with Crippen LogP contribution in [0.15, 0.2) is 22.7 Å². The molecule has 0 radical (unpaired) electrons. The Bertz CT molecular complexity index is 541. The fraction of sp³-hybridized carbons (Fsp3) is 0.429. The molecule has 1 aliphatic rings. The highest BCUT2D eigenvalue weighted by molar-refractivity contribution is 9.10. The van der Waals surface area contributed by atoms with E-state index in [2.05, 4.69) is 26.6 Å². The second-order valence-electron chi connectivity index (χ2n) is 5.18. The van der Waals surface area contributed by atoms with E-state index in [1.807, 2.05) is 19.1 Å². The molecule has 1 saturated carbocycles. The number of aryl methyl sites for hydroxylation is 1. The molecule has 1 aromatic rings. The molecule has 1 fully saturated rings. The third kappa shape index (κ3) is 2.95. The van der Waals surface area contributed by atoms with Crippen molar-refractivity contribution in [1.82, 2.24) is 5.32 Å². The third-order valence-electron chi connectivity index (χ3n) is 3.79. The van der Waals surface area contributed by atoms with E-state index >= 15 is 0 Å². The van der Waals surface area contributed by atoms with E-state index in [4.69, 9.17) is 0 Å². The molecular weight excluding hydrogens is 324 g/mol. The second kappa shape index (κ2) is 5.83. The Kier molecular flexibility index (Phi) is 4.32. The lowest BCUT2D eigenvalue weighted by Gasteiger charge is -2.37. The van der Waals surface area contributed by atoms with Gasteiger partial charge in [-0.1, -0.05) is 18.6 Å². The van der Waals surface area contributed by atoms with Gasteiger partial charge in [-0.3, -0.25) is 4.79 Å². The van der Waals surface area contributed by atoms with Crippen LogP contribution in [0.3, 0.4) is 0 Å². The van der Waals surface area contributed by atoms with Gasteiger partial charge in [0.15, 0.2) is 0 Å². The van der Waals surface area contributed by atoms with Crippen molar-refractivity contribution in [3.8, 4) is 0 Å². The van der Waals surface area contributed by atoms with Gasteiger partial charge in [0.25, 0.3) is 0 Å². The highest BCUT2D eigenvalue weighted by atomic mass is 79.9. The molecule has 0 unspecified atom stereocenters. The van der Waals surface area contributed by atoms with Gasteiger partial charge in [-0.2, -0.15) is 0 Å². The van der Waals surface area contributed by atoms with Gasteiger partial charge < -0.3 is 15.7 Å². The molecule has 0 bridgehead atoms. The van der Waals surface area contributed by atoms with Crippen LogP contribution in [0.5, 0.6) is 0 Å². The van der Waals surface area contributed by atoms with Crippen molar-refractivity contribution >= 4 is 33.6 Å². The average molecular weight is 341 g/mol. The fourth-order valence-corrected chi connectivity index (χ4v) is 2.59. The highest BCUT2D eigenvalue weighted by Crippen LogP contribution is 2.40. The molecule has 5 nitrogen and oxygen atoms in total. The number of carboxylic acid groups (broad SMARTS) is 1. The molecule has 0 aromatic heterocycles. The minimum absolute atomic E-state index is 0.164. The summed E-state index contributed by atoms with van der Waals surface area (Å²) >= 11 is 3.41. The normalized spacial score (nSPS) is 16.1. The maximum Gasteiger partial charge on any atom is 0.319 e. The van der Waals surface area contributed by atoms with Crippen molar-refractivity contribution in [2.24, 2.45) is 5.41 Å². The van der Waals surface area contributed by atoms with Gasteiger partial charge in [0.05, 0.1) is 11.1 Å². The van der Waals surface area contributed by atoms with Gasteiger partial charge in [-0.25, -0.2) is 4.79 Å². The first kappa shape index (κ1) is 14.8. The van der Waals surface area contributed by atoms with Gasteiger partial charge >= 0.3 is 12.0 Å². The number of benzene rings is 1. The van der Waals surface area contributed by atoms with Crippen LogP contribution in [0, 0.1) is 12.3 Å². The van der Waals surface area contributed by atoms with E-state index < -0.39 is 11.4 Å². The molecule has 0 spiro atoms. The Labute approximate surface area is 125 Å². The Balaban J connectivity index is 1.93. The number of halogens is 1. The van der Waals surface area contributed by atoms with Crippen molar-refractivity contribution in [2.75, 3.05) is 11.9 Å². The minimum atomic E-state index is -0.833. The SMILES string of the molecule is Cc1cccc(NC(=O)NCC2(C(=O)O)CCC2)c1Br. The summed E-state index contributed by atoms with van der Waals surface area (Å²) in [5, 5.41) is 14.6. The largest absolute Gasteiger partial charge is 0.481 e. The summed E-state index contributed by atoms with van der Waals surface area (Å²) in [4.78, 5) is 23.0. The third-order valence-corrected chi connectivity index (χ3v) is 4.84. The Morgan fingerprint density at radius 1 is 1.40 bits per heavy atom. The summed E-state index contributed by atoms with van der Waals surface area (Å²) in [5.74, 6) is -0.833. The highest BCUT2D eigenvalue weighted by Gasteiger charge is 2.44. The number of carbonyl (C=O) groups is 2. The number of carboxylic acids is 1. The maximum absolute atomic E-state index is 11.8. The number of hydrogen-bond donors (Lipinski definition) is 3. The van der Waals surface area contributed by atoms with Crippen LogP contribution in [-0.4, -0.2) is 23.7 Å². The Hall–Kier alpha value is -1.56. The zero-order valence-corrected chi connectivity index (χ0v) is 12.8. The van der Waals surface area contributed by atoms with Gasteiger partial charge in [-0.15, -0.1) is 0 Å². The van der Waals surface area contributed by atoms with Crippen LogP contribution < -0.4 is 10.6 Å². The minimum Gasteiger partial charge on any atom is -0.481 e. The zero-order chi connectivity index (χ0) is 14.8. The molecule has 0 atom stereocenters. The van der Waals surface area contributed by atoms with Crippen LogP contribution in [0.2, 0.25) is 0 Å². The Morgan fingerprint density at radius 3 is 2.65 bits per heavy atom. The summed E-state index contributed by atoms with van der Waals surface area (Å²) < 4.78 is 0.826. The van der Waals surface area contributed by atoms with Crippen LogP contribution >= 0.6 is 15.9 Å². The number of hydrogen-bond acceptors (Lipinski definition) is 2. The summed E-state index contributed by atoms with van der Waals surface area (Å²) in [6.45, 7) is 2.10. The standard InChI is InChI=1S/C14H17BrN2O3/c1-9-4-2-5-10(11(9)15)17-13(20)16-8-14(12(18)19)6-3-7-14/h2,4-5H,3,6-8H2,1H3,(H,18,19)(H2,16,17,20). The molecule has 1 aromatic carbocycles. The van der Waals surface area contributed by atoms with E-state index in [1.165, 1.54) is 0 Å². The zero-order valence-electron chi connectivity index (χ0n) is 11.2. The molecule has 108 valence electrons. The molecular formula is C14H17BrN2O3. The smallest absolute Gasteiger partial charge is 0.319 e. The number of urea groups is 1. The lowest BCUT2D eigenvalue weighted by molar-refractivity contribution is -0.153. The second-order valence-corrected chi connectivity index (χ2v) is 5.98. The summed E-state index contributed by atoms with van der Waals surface area (Å²) in [5.41, 5.74) is 0.908. The van der Waals surface area contributed by atoms with Crippen molar-refractivity contribution in [3.05, 3.63) is 28.2 Å². The van der Waals surface area contributed by atoms with Gasteiger partial charge in [-0.05, 0) is 47.3 Å². The Morgan fingerprint density at radius 2 is 2.10 bits per heavy atom. The van der Waals surface area contributed by atoms with E-state index in [0.29, 0.717) is 18.5 Å². The first-order chi connectivity index (χ1) is 9.44. The number of anilines is 1. The lowest BCUT2D eigenvalue weighted by Crippen LogP contribution is -2.48. The summed E-state index contributed by atoms with van der Waals surface area (Å²) in [7, 11) is 0. The van der Waals surface area contributed by atoms with E-state index in [-0.39, 0.29) is 12.6 Å². The van der Waals surface area contributed by atoms with Crippen molar-refractivity contribution in [3.63, 3.8) is 0 Å². The van der Waals surface area contributed by atoms with Crippen LogP contribution in [0.4, 0.5) is 10.5 Å². The summed E-state index contributed by atoms with van der Waals surface area (Å²) in [6.07, 6.45) is 2.15. The van der Waals surface area contributed by atoms with E-state index in [0.717, 1.165) is 16.5 Å². The summed E-state index contributed by atoms with van der Waals surface area (Å²) in [6, 6.07) is 5.18. The first-order valence-electron chi connectivity index (χ1n) is 6.48. The number of nitrogens with one attached hydrogen (secondary N) is 2. The van der Waals surface area contributed by atoms with Crippen LogP contribution in [-0.2, 0) is 4.79 Å². The monoisotopic (exact) mass is 340 g/mol. The van der Waals surface area contributed by atoms with Crippen molar-refractivity contribution in [1.29, 1.82) is 0 Å². The molecule has 0 saturated heterocycles. The van der Waals surface area contributed by atoms with Crippen molar-refractivity contribution in [2.45, 2.75) is 26.2 Å². The topological polar surface area (TPSA) is 78.4 Å². The number of carbonyl (C=O) groups excluding carboxylic acids is 1. The van der Waals surface area contributed by atoms with E-state index in [9.17, 15) is 14.7 Å². The molecule has 3 N–H and O–H groups in total.